The zero-order valence-electron chi connectivity index (χ0n) is 12.1. The average Bonchev–Trinajstić information content (AvgIpc) is 2.76. The van der Waals surface area contributed by atoms with Gasteiger partial charge in [0.2, 0.25) is 0 Å². The van der Waals surface area contributed by atoms with Gasteiger partial charge in [-0.2, -0.15) is 0 Å². The van der Waals surface area contributed by atoms with Crippen molar-refractivity contribution in [3.8, 4) is 0 Å². The van der Waals surface area contributed by atoms with Gasteiger partial charge in [0.15, 0.2) is 0 Å². The molecule has 1 aliphatic carbocycles. The molecule has 106 valence electrons. The van der Waals surface area contributed by atoms with Crippen molar-refractivity contribution in [2.24, 2.45) is 11.7 Å². The molecule has 2 aliphatic rings. The van der Waals surface area contributed by atoms with Crippen molar-refractivity contribution >= 4 is 5.97 Å². The van der Waals surface area contributed by atoms with Gasteiger partial charge in [0, 0.05) is 30.7 Å². The summed E-state index contributed by atoms with van der Waals surface area (Å²) in [7, 11) is 1.45. The standard InChI is InChI=1S/C15H24N2O2/c1-15(2,16)7-9-17-8-6-11-4-5-12(10-13(11)17)14(18)19-3/h4-5,12H,6-10,16H2,1-3H3. The van der Waals surface area contributed by atoms with E-state index in [1.807, 2.05) is 6.08 Å². The second kappa shape index (κ2) is 5.37. The lowest BCUT2D eigenvalue weighted by Gasteiger charge is -2.29. The Hall–Kier alpha value is -1.29. The van der Waals surface area contributed by atoms with Gasteiger partial charge in [-0.3, -0.25) is 4.79 Å². The third-order valence-electron chi connectivity index (χ3n) is 3.88. The largest absolute Gasteiger partial charge is 0.469 e. The number of rotatable bonds is 4. The van der Waals surface area contributed by atoms with Crippen LogP contribution in [0.4, 0.5) is 0 Å². The van der Waals surface area contributed by atoms with E-state index < -0.39 is 0 Å². The van der Waals surface area contributed by atoms with Crippen LogP contribution in [-0.4, -0.2) is 36.6 Å². The maximum atomic E-state index is 11.6. The normalized spacial score (nSPS) is 22.7. The summed E-state index contributed by atoms with van der Waals surface area (Å²) in [5.74, 6) is -0.274. The highest BCUT2D eigenvalue weighted by Crippen LogP contribution is 2.34. The molecule has 4 nitrogen and oxygen atoms in total. The Kier molecular flexibility index (Phi) is 3.99. The molecule has 0 amide bonds. The predicted octanol–water partition coefficient (Wildman–Crippen LogP) is 1.82. The van der Waals surface area contributed by atoms with Gasteiger partial charge in [-0.15, -0.1) is 0 Å². The van der Waals surface area contributed by atoms with Crippen LogP contribution in [0.3, 0.4) is 0 Å². The minimum Gasteiger partial charge on any atom is -0.469 e. The lowest BCUT2D eigenvalue weighted by Crippen LogP contribution is -2.37. The number of hydrogen-bond acceptors (Lipinski definition) is 4. The maximum Gasteiger partial charge on any atom is 0.312 e. The average molecular weight is 264 g/mol. The van der Waals surface area contributed by atoms with E-state index in [-0.39, 0.29) is 17.4 Å². The molecule has 1 aliphatic heterocycles. The van der Waals surface area contributed by atoms with E-state index in [4.69, 9.17) is 10.5 Å². The SMILES string of the molecule is COC(=O)C1C=CC2=C(C1)N(CCC(C)(C)N)CC2. The molecule has 0 saturated heterocycles. The van der Waals surface area contributed by atoms with Gasteiger partial charge in [-0.1, -0.05) is 12.2 Å². The summed E-state index contributed by atoms with van der Waals surface area (Å²) in [6, 6.07) is 0. The Bertz CT molecular complexity index is 418. The van der Waals surface area contributed by atoms with Crippen LogP contribution in [0.5, 0.6) is 0 Å². The van der Waals surface area contributed by atoms with Crippen LogP contribution in [0.25, 0.3) is 0 Å². The Morgan fingerprint density at radius 3 is 2.95 bits per heavy atom. The third kappa shape index (κ3) is 3.38. The minimum absolute atomic E-state index is 0.129. The monoisotopic (exact) mass is 264 g/mol. The number of carbonyl (C=O) groups excluding carboxylic acids is 1. The fraction of sp³-hybridized carbons (Fsp3) is 0.667. The molecule has 2 N–H and O–H groups in total. The molecule has 2 rings (SSSR count). The summed E-state index contributed by atoms with van der Waals surface area (Å²) in [4.78, 5) is 14.0. The van der Waals surface area contributed by atoms with E-state index in [0.29, 0.717) is 0 Å². The lowest BCUT2D eigenvalue weighted by atomic mass is 9.93. The van der Waals surface area contributed by atoms with Crippen molar-refractivity contribution in [3.63, 3.8) is 0 Å². The van der Waals surface area contributed by atoms with Crippen molar-refractivity contribution in [1.82, 2.24) is 4.90 Å². The van der Waals surface area contributed by atoms with Gasteiger partial charge in [0.05, 0.1) is 13.0 Å². The van der Waals surface area contributed by atoms with E-state index in [2.05, 4.69) is 24.8 Å². The van der Waals surface area contributed by atoms with Crippen LogP contribution in [-0.2, 0) is 9.53 Å². The molecule has 4 heteroatoms. The molecular weight excluding hydrogens is 240 g/mol. The Labute approximate surface area is 115 Å². The zero-order valence-corrected chi connectivity index (χ0v) is 12.1. The third-order valence-corrected chi connectivity index (χ3v) is 3.88. The molecular formula is C15H24N2O2. The van der Waals surface area contributed by atoms with E-state index >= 15 is 0 Å². The molecule has 0 bridgehead atoms. The fourth-order valence-corrected chi connectivity index (χ4v) is 2.67. The van der Waals surface area contributed by atoms with E-state index in [1.165, 1.54) is 18.4 Å². The number of nitrogens with two attached hydrogens (primary N) is 1. The quantitative estimate of drug-likeness (QED) is 0.787. The molecule has 0 radical (unpaired) electrons. The van der Waals surface area contributed by atoms with Crippen molar-refractivity contribution in [2.45, 2.75) is 38.6 Å². The molecule has 0 saturated carbocycles. The highest BCUT2D eigenvalue weighted by molar-refractivity contribution is 5.75. The summed E-state index contributed by atoms with van der Waals surface area (Å²) in [5, 5.41) is 0. The maximum absolute atomic E-state index is 11.6. The fourth-order valence-electron chi connectivity index (χ4n) is 2.67. The Balaban J connectivity index is 2.01. The van der Waals surface area contributed by atoms with Crippen molar-refractivity contribution in [3.05, 3.63) is 23.4 Å². The molecule has 0 aromatic heterocycles. The first-order chi connectivity index (χ1) is 8.90. The second-order valence-electron chi connectivity index (χ2n) is 6.14. The second-order valence-corrected chi connectivity index (χ2v) is 6.14. The highest BCUT2D eigenvalue weighted by Gasteiger charge is 2.30. The van der Waals surface area contributed by atoms with Crippen LogP contribution >= 0.6 is 0 Å². The Morgan fingerprint density at radius 1 is 1.58 bits per heavy atom. The minimum atomic E-state index is -0.145. The summed E-state index contributed by atoms with van der Waals surface area (Å²) in [6.07, 6.45) is 6.86. The number of hydrogen-bond donors (Lipinski definition) is 1. The first kappa shape index (κ1) is 14.1. The van der Waals surface area contributed by atoms with Crippen LogP contribution in [0.2, 0.25) is 0 Å². The number of carbonyl (C=O) groups is 1. The summed E-state index contributed by atoms with van der Waals surface area (Å²) < 4.78 is 4.84. The lowest BCUT2D eigenvalue weighted by molar-refractivity contribution is -0.143. The molecule has 19 heavy (non-hydrogen) atoms. The summed E-state index contributed by atoms with van der Waals surface area (Å²) >= 11 is 0. The van der Waals surface area contributed by atoms with Gasteiger partial charge < -0.3 is 15.4 Å². The molecule has 1 atom stereocenters. The molecule has 0 spiro atoms. The van der Waals surface area contributed by atoms with Crippen LogP contribution in [0.1, 0.15) is 33.1 Å². The van der Waals surface area contributed by atoms with Gasteiger partial charge in [-0.25, -0.2) is 0 Å². The van der Waals surface area contributed by atoms with Crippen LogP contribution in [0, 0.1) is 5.92 Å². The molecule has 0 fully saturated rings. The van der Waals surface area contributed by atoms with Crippen molar-refractivity contribution in [1.29, 1.82) is 0 Å². The topological polar surface area (TPSA) is 55.6 Å². The number of allylic oxidation sites excluding steroid dienone is 2. The van der Waals surface area contributed by atoms with E-state index in [9.17, 15) is 4.79 Å². The van der Waals surface area contributed by atoms with E-state index in [0.717, 1.165) is 32.4 Å². The number of ether oxygens (including phenoxy) is 1. The van der Waals surface area contributed by atoms with Gasteiger partial charge in [0.1, 0.15) is 0 Å². The molecule has 0 aromatic carbocycles. The Morgan fingerprint density at radius 2 is 2.32 bits per heavy atom. The predicted molar refractivity (Wildman–Crippen MR) is 75.4 cm³/mol. The number of methoxy groups -OCH3 is 1. The summed E-state index contributed by atoms with van der Waals surface area (Å²) in [6.45, 7) is 6.11. The first-order valence-corrected chi connectivity index (χ1v) is 6.92. The number of esters is 1. The zero-order chi connectivity index (χ0) is 14.0. The van der Waals surface area contributed by atoms with Gasteiger partial charge in [0.25, 0.3) is 0 Å². The number of nitrogens with zero attached hydrogens (tertiary/aromatic N) is 1. The molecule has 1 heterocycles. The van der Waals surface area contributed by atoms with Crippen molar-refractivity contribution in [2.75, 3.05) is 20.2 Å². The summed E-state index contributed by atoms with van der Waals surface area (Å²) in [5.41, 5.74) is 8.58. The van der Waals surface area contributed by atoms with Crippen LogP contribution < -0.4 is 5.73 Å². The van der Waals surface area contributed by atoms with Crippen LogP contribution in [0.15, 0.2) is 23.4 Å². The van der Waals surface area contributed by atoms with Gasteiger partial charge in [-0.05, 0) is 32.3 Å². The smallest absolute Gasteiger partial charge is 0.312 e. The first-order valence-electron chi connectivity index (χ1n) is 6.92. The highest BCUT2D eigenvalue weighted by atomic mass is 16.5. The van der Waals surface area contributed by atoms with Gasteiger partial charge >= 0.3 is 5.97 Å². The molecule has 1 unspecified atom stereocenters. The molecule has 0 aromatic rings. The van der Waals surface area contributed by atoms with E-state index in [1.54, 1.807) is 0 Å². The van der Waals surface area contributed by atoms with Crippen molar-refractivity contribution < 1.29 is 9.53 Å².